The highest BCUT2D eigenvalue weighted by Crippen LogP contribution is 1.99. The van der Waals surface area contributed by atoms with E-state index >= 15 is 0 Å². The molecule has 0 amide bonds. The Morgan fingerprint density at radius 2 is 2.14 bits per heavy atom. The number of rotatable bonds is 4. The van der Waals surface area contributed by atoms with E-state index in [2.05, 4.69) is 23.0 Å². The molecule has 0 aliphatic heterocycles. The molecule has 0 heterocycles. The van der Waals surface area contributed by atoms with Gasteiger partial charge < -0.3 is 0 Å². The van der Waals surface area contributed by atoms with Crippen LogP contribution in [0.25, 0.3) is 0 Å². The Morgan fingerprint density at radius 1 is 1.43 bits per heavy atom. The van der Waals surface area contributed by atoms with Crippen molar-refractivity contribution in [3.8, 4) is 0 Å². The zero-order chi connectivity index (χ0) is 5.54. The highest BCUT2D eigenvalue weighted by molar-refractivity contribution is 7.55. The van der Waals surface area contributed by atoms with Crippen LogP contribution < -0.4 is 0 Å². The van der Waals surface area contributed by atoms with E-state index in [4.69, 9.17) is 0 Å². The van der Waals surface area contributed by atoms with E-state index in [1.54, 1.807) is 0 Å². The normalized spacial score (nSPS) is 8.86. The summed E-state index contributed by atoms with van der Waals surface area (Å²) in [7, 11) is 2.62. The lowest BCUT2D eigenvalue weighted by atomic mass is 9.98. The standard InChI is InChI=1S/C5H13BP/c1-2-3-4-5-6-7/h2-5,7H2,1H3. The Labute approximate surface area is 49.5 Å². The van der Waals surface area contributed by atoms with Crippen molar-refractivity contribution >= 4 is 16.1 Å². The van der Waals surface area contributed by atoms with Gasteiger partial charge in [0.25, 0.3) is 0 Å². The molecule has 0 aliphatic carbocycles. The molecule has 1 radical (unpaired) electrons. The van der Waals surface area contributed by atoms with Gasteiger partial charge in [-0.2, -0.15) is 9.12 Å². The summed E-state index contributed by atoms with van der Waals surface area (Å²) in [5.41, 5.74) is 0. The van der Waals surface area contributed by atoms with E-state index in [1.807, 2.05) is 0 Å². The highest BCUT2D eigenvalue weighted by atomic mass is 31.0. The lowest BCUT2D eigenvalue weighted by molar-refractivity contribution is 0.770. The van der Waals surface area contributed by atoms with Crippen LogP contribution in [0, 0.1) is 0 Å². The van der Waals surface area contributed by atoms with E-state index in [-0.39, 0.29) is 0 Å². The van der Waals surface area contributed by atoms with E-state index in [0.717, 1.165) is 0 Å². The van der Waals surface area contributed by atoms with Crippen molar-refractivity contribution in [3.05, 3.63) is 0 Å². The van der Waals surface area contributed by atoms with Crippen LogP contribution in [-0.4, -0.2) is 7.00 Å². The molecule has 0 spiro atoms. The van der Waals surface area contributed by atoms with Gasteiger partial charge in [-0.3, -0.25) is 0 Å². The van der Waals surface area contributed by atoms with Gasteiger partial charge in [0.15, 0.2) is 0 Å². The molecule has 0 aromatic rings. The minimum absolute atomic E-state index is 1.26. The smallest absolute Gasteiger partial charge is 0.138 e. The van der Waals surface area contributed by atoms with Crippen LogP contribution in [-0.2, 0) is 0 Å². The average molecular weight is 115 g/mol. The Balaban J connectivity index is 2.45. The van der Waals surface area contributed by atoms with Crippen molar-refractivity contribution in [1.82, 2.24) is 0 Å². The molecule has 0 rings (SSSR count). The van der Waals surface area contributed by atoms with Crippen LogP contribution in [0.5, 0.6) is 0 Å². The molecule has 0 N–H and O–H groups in total. The van der Waals surface area contributed by atoms with Crippen molar-refractivity contribution < 1.29 is 0 Å². The van der Waals surface area contributed by atoms with Gasteiger partial charge in [0, 0.05) is 0 Å². The van der Waals surface area contributed by atoms with Gasteiger partial charge in [0.2, 0.25) is 0 Å². The lowest BCUT2D eigenvalue weighted by Gasteiger charge is -1.89. The maximum absolute atomic E-state index is 2.62. The fraction of sp³-hybridized carbons (Fsp3) is 1.00. The second-order valence-electron chi connectivity index (χ2n) is 1.73. The Morgan fingerprint density at radius 3 is 2.57 bits per heavy atom. The maximum Gasteiger partial charge on any atom is 0.138 e. The molecule has 0 fully saturated rings. The van der Waals surface area contributed by atoms with Crippen molar-refractivity contribution in [2.75, 3.05) is 0 Å². The maximum atomic E-state index is 2.62. The van der Waals surface area contributed by atoms with Gasteiger partial charge in [-0.05, 0) is 0 Å². The topological polar surface area (TPSA) is 0 Å². The lowest BCUT2D eigenvalue weighted by Crippen LogP contribution is -1.75. The van der Waals surface area contributed by atoms with Gasteiger partial charge >= 0.3 is 0 Å². The Bertz CT molecular complexity index is 27.3. The molecule has 0 saturated heterocycles. The zero-order valence-corrected chi connectivity index (χ0v) is 6.14. The van der Waals surface area contributed by atoms with Gasteiger partial charge in [-0.1, -0.05) is 32.5 Å². The molecule has 1 unspecified atom stereocenters. The van der Waals surface area contributed by atoms with Crippen molar-refractivity contribution in [2.45, 2.75) is 32.5 Å². The van der Waals surface area contributed by atoms with E-state index < -0.39 is 0 Å². The number of hydrogen-bond acceptors (Lipinski definition) is 0. The fourth-order valence-electron chi connectivity index (χ4n) is 0.512. The molecule has 0 aromatic carbocycles. The SMILES string of the molecule is CCCCC[B]P. The predicted molar refractivity (Wildman–Crippen MR) is 39.8 cm³/mol. The van der Waals surface area contributed by atoms with Crippen LogP contribution in [0.1, 0.15) is 26.2 Å². The molecule has 0 bridgehead atoms. The van der Waals surface area contributed by atoms with Crippen molar-refractivity contribution in [1.29, 1.82) is 0 Å². The molecule has 1 atom stereocenters. The monoisotopic (exact) mass is 115 g/mol. The second kappa shape index (κ2) is 6.49. The predicted octanol–water partition coefficient (Wildman–Crippen LogP) is 2.09. The molecule has 0 aliphatic rings. The van der Waals surface area contributed by atoms with Crippen LogP contribution in [0.4, 0.5) is 0 Å². The molecular weight excluding hydrogens is 102 g/mol. The fourth-order valence-corrected chi connectivity index (χ4v) is 0.748. The van der Waals surface area contributed by atoms with Gasteiger partial charge in [-0.15, -0.1) is 0 Å². The summed E-state index contributed by atoms with van der Waals surface area (Å²) in [6.07, 6.45) is 5.34. The summed E-state index contributed by atoms with van der Waals surface area (Å²) >= 11 is 0. The van der Waals surface area contributed by atoms with Gasteiger partial charge in [0.1, 0.15) is 7.00 Å². The quantitative estimate of drug-likeness (QED) is 0.299. The molecule has 0 saturated carbocycles. The molecular formula is C5H13BP. The number of unbranched alkanes of at least 4 members (excludes halogenated alkanes) is 2. The molecule has 2 heteroatoms. The van der Waals surface area contributed by atoms with Gasteiger partial charge in [0.05, 0.1) is 0 Å². The average Bonchev–Trinajstić information content (AvgIpc) is 1.69. The molecule has 0 aromatic heterocycles. The van der Waals surface area contributed by atoms with Crippen LogP contribution >= 0.6 is 9.12 Å². The van der Waals surface area contributed by atoms with Crippen molar-refractivity contribution in [3.63, 3.8) is 0 Å². The summed E-state index contributed by atoms with van der Waals surface area (Å²) in [6, 6.07) is 0. The van der Waals surface area contributed by atoms with E-state index in [9.17, 15) is 0 Å². The van der Waals surface area contributed by atoms with E-state index in [1.165, 1.54) is 25.6 Å². The molecule has 7 heavy (non-hydrogen) atoms. The highest BCUT2D eigenvalue weighted by Gasteiger charge is 1.81. The van der Waals surface area contributed by atoms with Crippen LogP contribution in [0.2, 0.25) is 6.32 Å². The first-order chi connectivity index (χ1) is 3.41. The first-order valence-corrected chi connectivity index (χ1v) is 3.62. The summed E-state index contributed by atoms with van der Waals surface area (Å²) in [4.78, 5) is 0. The van der Waals surface area contributed by atoms with Crippen LogP contribution in [0.3, 0.4) is 0 Å². The minimum Gasteiger partial charge on any atom is -0.178 e. The first-order valence-electron chi connectivity index (χ1n) is 2.95. The second-order valence-corrected chi connectivity index (χ2v) is 2.20. The molecule has 0 nitrogen and oxygen atoms in total. The Kier molecular flexibility index (Phi) is 6.95. The van der Waals surface area contributed by atoms with Crippen LogP contribution in [0.15, 0.2) is 0 Å². The zero-order valence-electron chi connectivity index (χ0n) is 4.98. The van der Waals surface area contributed by atoms with Gasteiger partial charge in [-0.25, -0.2) is 0 Å². The summed E-state index contributed by atoms with van der Waals surface area (Å²) in [6.45, 7) is 4.37. The summed E-state index contributed by atoms with van der Waals surface area (Å²) in [5.74, 6) is 0. The minimum atomic E-state index is 1.26. The van der Waals surface area contributed by atoms with E-state index in [0.29, 0.717) is 0 Å². The number of hydrogen-bond donors (Lipinski definition) is 0. The third-order valence-electron chi connectivity index (χ3n) is 0.974. The summed E-state index contributed by atoms with van der Waals surface area (Å²) in [5, 5.41) is 0. The summed E-state index contributed by atoms with van der Waals surface area (Å²) < 4.78 is 0. The van der Waals surface area contributed by atoms with Crippen molar-refractivity contribution in [2.24, 2.45) is 0 Å². The largest absolute Gasteiger partial charge is 0.178 e. The third-order valence-corrected chi connectivity index (χ3v) is 1.31. The molecule has 41 valence electrons. The Hall–Kier alpha value is 0.495. The first kappa shape index (κ1) is 7.49. The third kappa shape index (κ3) is 6.49.